The van der Waals surface area contributed by atoms with Gasteiger partial charge in [-0.25, -0.2) is 19.9 Å². The summed E-state index contributed by atoms with van der Waals surface area (Å²) in [6, 6.07) is 34.6. The summed E-state index contributed by atoms with van der Waals surface area (Å²) >= 11 is 14.4. The van der Waals surface area contributed by atoms with Crippen molar-refractivity contribution < 1.29 is 0 Å². The summed E-state index contributed by atoms with van der Waals surface area (Å²) in [5, 5.41) is 19.3. The van der Waals surface area contributed by atoms with Crippen LogP contribution < -0.4 is 0 Å². The maximum atomic E-state index is 4.69. The highest BCUT2D eigenvalue weighted by Gasteiger charge is 2.22. The van der Waals surface area contributed by atoms with Gasteiger partial charge in [-0.05, 0) is 126 Å². The van der Waals surface area contributed by atoms with Gasteiger partial charge in [-0.3, -0.25) is 18.7 Å². The summed E-state index contributed by atoms with van der Waals surface area (Å²) in [4.78, 5) is 18.7. The molecule has 12 aromatic rings. The van der Waals surface area contributed by atoms with E-state index in [-0.39, 0.29) is 22.3 Å². The Hall–Kier alpha value is -5.32. The van der Waals surface area contributed by atoms with Gasteiger partial charge < -0.3 is 0 Å². The number of nitrogens with zero attached hydrogens (tertiary/aromatic N) is 12. The lowest BCUT2D eigenvalue weighted by Gasteiger charge is -2.18. The predicted octanol–water partition coefficient (Wildman–Crippen LogP) is 20.1. The molecule has 0 fully saturated rings. The lowest BCUT2D eigenvalue weighted by atomic mass is 10.2. The van der Waals surface area contributed by atoms with Crippen molar-refractivity contribution in [1.29, 1.82) is 0 Å². The highest BCUT2D eigenvalue weighted by molar-refractivity contribution is 8.02. The molecule has 0 spiro atoms. The molecule has 0 N–H and O–H groups in total. The van der Waals surface area contributed by atoms with E-state index in [2.05, 4.69) is 221 Å². The highest BCUT2D eigenvalue weighted by Crippen LogP contribution is 2.39. The Labute approximate surface area is 524 Å². The zero-order chi connectivity index (χ0) is 56.5. The topological polar surface area (TPSA) is 123 Å². The minimum absolute atomic E-state index is 0. The molecule has 0 aliphatic heterocycles. The van der Waals surface area contributed by atoms with Crippen LogP contribution in [0.25, 0.3) is 40.9 Å². The summed E-state index contributed by atoms with van der Waals surface area (Å²) < 4.78 is 17.7. The van der Waals surface area contributed by atoms with Gasteiger partial charge in [0.05, 0.1) is 89.8 Å². The molecule has 0 aliphatic rings. The van der Waals surface area contributed by atoms with Crippen LogP contribution in [-0.4, -0.2) is 80.1 Å². The predicted molar refractivity (Wildman–Crippen MR) is 367 cm³/mol. The van der Waals surface area contributed by atoms with Crippen LogP contribution in [0.5, 0.6) is 0 Å². The average Bonchev–Trinajstić information content (AvgIpc) is 4.33. The number of para-hydroxylation sites is 4. The molecule has 8 atom stereocenters. The molecule has 4 aromatic carbocycles. The van der Waals surface area contributed by atoms with Crippen LogP contribution in [0.15, 0.2) is 164 Å². The van der Waals surface area contributed by atoms with Crippen molar-refractivity contribution >= 4 is 133 Å². The van der Waals surface area contributed by atoms with Crippen molar-refractivity contribution in [3.63, 3.8) is 0 Å². The van der Waals surface area contributed by atoms with Gasteiger partial charge in [-0.1, -0.05) is 146 Å². The highest BCUT2D eigenvalue weighted by atomic mass is 32.2. The molecule has 83 heavy (non-hydrogen) atoms. The number of rotatable bonds is 16. The molecule has 0 aliphatic carbocycles. The summed E-state index contributed by atoms with van der Waals surface area (Å²) in [6.45, 7) is 26.0. The molecule has 0 amide bonds. The molecule has 8 heterocycles. The Morgan fingerprint density at radius 3 is 0.675 bits per heavy atom. The van der Waals surface area contributed by atoms with E-state index in [4.69, 9.17) is 0 Å². The molecular formula is C63H80N12S8. The fourth-order valence-corrected chi connectivity index (χ4v) is 17.7. The maximum Gasteiger partial charge on any atom is 0.151 e. The van der Waals surface area contributed by atoms with Crippen molar-refractivity contribution in [2.45, 2.75) is 168 Å². The van der Waals surface area contributed by atoms with Crippen LogP contribution in [0.3, 0.4) is 0 Å². The third-order valence-corrected chi connectivity index (χ3v) is 23.3. The minimum Gasteiger partial charge on any atom is -0.269 e. The summed E-state index contributed by atoms with van der Waals surface area (Å²) in [6.07, 6.45) is 16.0. The second-order valence-corrected chi connectivity index (χ2v) is 30.7. The van der Waals surface area contributed by atoms with Gasteiger partial charge in [0.1, 0.15) is 0 Å². The van der Waals surface area contributed by atoms with Crippen molar-refractivity contribution in [1.82, 2.24) is 59.1 Å². The quantitative estimate of drug-likeness (QED) is 0.0856. The van der Waals surface area contributed by atoms with Gasteiger partial charge in [0, 0.05) is 45.8 Å². The maximum absolute atomic E-state index is 4.69. The van der Waals surface area contributed by atoms with Crippen molar-refractivity contribution in [3.8, 4) is 0 Å². The van der Waals surface area contributed by atoms with Gasteiger partial charge in [0.15, 0.2) is 17.4 Å². The second kappa shape index (κ2) is 31.2. The molecule has 0 unspecified atom stereocenters. The third-order valence-electron chi connectivity index (χ3n) is 13.6. The van der Waals surface area contributed by atoms with E-state index in [9.17, 15) is 0 Å². The molecular weight excluding hydrogens is 1180 g/mol. The first-order valence-corrected chi connectivity index (χ1v) is 33.4. The fourth-order valence-electron chi connectivity index (χ4n) is 8.12. The van der Waals surface area contributed by atoms with E-state index < -0.39 is 0 Å². The number of aromatic nitrogens is 12. The van der Waals surface area contributed by atoms with E-state index in [1.807, 2.05) is 115 Å². The number of aryl methyl sites for hydroxylation is 4. The largest absolute Gasteiger partial charge is 0.269 e. The zero-order valence-corrected chi connectivity index (χ0v) is 53.6. The lowest BCUT2D eigenvalue weighted by Crippen LogP contribution is -2.16. The number of hydrogen-bond donors (Lipinski definition) is 0. The van der Waals surface area contributed by atoms with Gasteiger partial charge in [0.2, 0.25) is 0 Å². The summed E-state index contributed by atoms with van der Waals surface area (Å²) in [5.41, 5.74) is 9.18. The molecule has 0 radical (unpaired) electrons. The molecule has 440 valence electrons. The monoisotopic (exact) mass is 1260 g/mol. The Morgan fingerprint density at radius 2 is 0.506 bits per heavy atom. The molecule has 0 bridgehead atoms. The van der Waals surface area contributed by atoms with Gasteiger partial charge >= 0.3 is 0 Å². The number of thiazole rings is 4. The van der Waals surface area contributed by atoms with Crippen LogP contribution in [0.4, 0.5) is 0 Å². The molecule has 8 aromatic heterocycles. The minimum atomic E-state index is 0. The van der Waals surface area contributed by atoms with E-state index in [1.54, 1.807) is 45.3 Å². The third kappa shape index (κ3) is 17.9. The Bertz CT molecular complexity index is 3230. The number of thioether (sulfide) groups is 4. The van der Waals surface area contributed by atoms with Crippen LogP contribution >= 0.6 is 92.4 Å². The van der Waals surface area contributed by atoms with E-state index >= 15 is 0 Å². The number of fused-ring (bicyclic) bond motifs is 4. The first-order chi connectivity index (χ1) is 38.5. The summed E-state index contributed by atoms with van der Waals surface area (Å²) in [5.74, 6) is 0. The van der Waals surface area contributed by atoms with Crippen LogP contribution in [0.1, 0.15) is 124 Å². The van der Waals surface area contributed by atoms with E-state index in [0.717, 1.165) is 39.4 Å². The Kier molecular flexibility index (Phi) is 25.1. The second-order valence-electron chi connectivity index (χ2n) is 20.0. The van der Waals surface area contributed by atoms with Crippen LogP contribution in [0, 0.1) is 27.7 Å². The van der Waals surface area contributed by atoms with Crippen molar-refractivity contribution in [2.24, 2.45) is 0 Å². The molecule has 0 saturated heterocycles. The smallest absolute Gasteiger partial charge is 0.151 e. The molecule has 0 saturated carbocycles. The molecule has 12 rings (SSSR count). The van der Waals surface area contributed by atoms with Gasteiger partial charge in [0.25, 0.3) is 0 Å². The Balaban J connectivity index is 0.000000176. The average molecular weight is 1260 g/mol. The van der Waals surface area contributed by atoms with E-state index in [0.29, 0.717) is 45.2 Å². The zero-order valence-electron chi connectivity index (χ0n) is 47.1. The van der Waals surface area contributed by atoms with Gasteiger partial charge in [-0.2, -0.15) is 20.4 Å². The Morgan fingerprint density at radius 1 is 0.313 bits per heavy atom. The molecule has 20 heteroatoms. The van der Waals surface area contributed by atoms with Gasteiger partial charge in [-0.15, -0.1) is 45.3 Å². The SMILES string of the molecule is C.C.C.Cc1cnn([C@@H](C)[C@@H](C)Sc2nc3ccccc3s2)c1.Cc1cnn([C@@H](C)[C@H](C)Sc2nc3ccccc3s2)c1.Cc1cnn([C@H](C)[C@@H](C)Sc2nc3ccccc3s2)c1.Cc1cnn([C@H](C)[C@H](C)Sc2nc3ccccc3s2)c1. The van der Waals surface area contributed by atoms with E-state index in [1.165, 1.54) is 41.1 Å². The van der Waals surface area contributed by atoms with Crippen molar-refractivity contribution in [2.75, 3.05) is 0 Å². The summed E-state index contributed by atoms with van der Waals surface area (Å²) in [7, 11) is 0. The fraction of sp³-hybridized carbons (Fsp3) is 0.365. The number of benzene rings is 4. The normalized spacial score (nSPS) is 14.0. The van der Waals surface area contributed by atoms with Crippen molar-refractivity contribution in [3.05, 3.63) is 169 Å². The number of hydrogen-bond acceptors (Lipinski definition) is 16. The van der Waals surface area contributed by atoms with Crippen LogP contribution in [-0.2, 0) is 0 Å². The van der Waals surface area contributed by atoms with Crippen LogP contribution in [0.2, 0.25) is 0 Å². The lowest BCUT2D eigenvalue weighted by molar-refractivity contribution is 0.487. The molecule has 12 nitrogen and oxygen atoms in total. The standard InChI is InChI=1S/4C15H17N3S2.3CH4/c4*1-10-8-16-18(9-10)11(2)12(3)19-15-17-13-6-4-5-7-14(13)20-15;;;/h4*4-9,11-12H,1-3H3;3*1H4/t2*11-,12+;2*11-,12-;;;/m1010.../s1. The first kappa shape index (κ1) is 66.8. The first-order valence-electron chi connectivity index (χ1n) is 26.7.